The zero-order chi connectivity index (χ0) is 14.0. The zero-order valence-corrected chi connectivity index (χ0v) is 10.7. The second kappa shape index (κ2) is 5.06. The molecule has 5 nitrogen and oxygen atoms in total. The molecule has 1 heterocycles. The predicted molar refractivity (Wildman–Crippen MR) is 71.0 cm³/mol. The number of aliphatic carboxylic acids is 1. The third kappa shape index (κ3) is 2.70. The van der Waals surface area contributed by atoms with Crippen LogP contribution < -0.4 is 5.32 Å². The van der Waals surface area contributed by atoms with E-state index in [0.717, 1.165) is 5.52 Å². The highest BCUT2D eigenvalue weighted by Gasteiger charge is 2.17. The van der Waals surface area contributed by atoms with Gasteiger partial charge in [0, 0.05) is 11.1 Å². The number of rotatable bonds is 3. The minimum absolute atomic E-state index is 0.406. The molecular weight excluding hydrogens is 244 g/mol. The number of carbonyl (C=O) groups is 2. The lowest BCUT2D eigenvalue weighted by Crippen LogP contribution is -2.38. The van der Waals surface area contributed by atoms with E-state index in [1.54, 1.807) is 19.1 Å². The largest absolute Gasteiger partial charge is 0.480 e. The van der Waals surface area contributed by atoms with Gasteiger partial charge < -0.3 is 10.4 Å². The van der Waals surface area contributed by atoms with Gasteiger partial charge in [0.25, 0.3) is 5.91 Å². The standard InChI is InChI=1S/C14H14N2O3/c1-8-7-11(13(17)16-9(2)14(18)19)10-5-3-4-6-12(10)15-8/h3-7,9H,1-2H3,(H,16,17)(H,18,19). The molecule has 0 bridgehead atoms. The van der Waals surface area contributed by atoms with Crippen molar-refractivity contribution >= 4 is 22.8 Å². The first-order valence-corrected chi connectivity index (χ1v) is 5.89. The number of fused-ring (bicyclic) bond motifs is 1. The Balaban J connectivity index is 2.44. The number of nitrogens with zero attached hydrogens (tertiary/aromatic N) is 1. The van der Waals surface area contributed by atoms with Crippen molar-refractivity contribution in [1.82, 2.24) is 10.3 Å². The van der Waals surface area contributed by atoms with Crippen LogP contribution >= 0.6 is 0 Å². The van der Waals surface area contributed by atoms with Crippen molar-refractivity contribution in [3.8, 4) is 0 Å². The maximum atomic E-state index is 12.1. The average Bonchev–Trinajstić information content (AvgIpc) is 2.37. The summed E-state index contributed by atoms with van der Waals surface area (Å²) in [6, 6.07) is 8.00. The number of hydrogen-bond donors (Lipinski definition) is 2. The number of hydrogen-bond acceptors (Lipinski definition) is 3. The molecule has 0 aliphatic heterocycles. The molecule has 0 spiro atoms. The molecule has 2 aromatic rings. The van der Waals surface area contributed by atoms with Gasteiger partial charge in [0.15, 0.2) is 0 Å². The second-order valence-corrected chi connectivity index (χ2v) is 4.36. The number of pyridine rings is 1. The van der Waals surface area contributed by atoms with Crippen LogP contribution in [-0.4, -0.2) is 28.0 Å². The molecule has 0 aliphatic carbocycles. The molecule has 19 heavy (non-hydrogen) atoms. The highest BCUT2D eigenvalue weighted by Crippen LogP contribution is 2.18. The van der Waals surface area contributed by atoms with Crippen molar-refractivity contribution in [3.63, 3.8) is 0 Å². The van der Waals surface area contributed by atoms with Crippen molar-refractivity contribution in [2.75, 3.05) is 0 Å². The third-order valence-corrected chi connectivity index (χ3v) is 2.81. The van der Waals surface area contributed by atoms with Crippen LogP contribution in [0.1, 0.15) is 23.0 Å². The molecule has 1 unspecified atom stereocenters. The number of para-hydroxylation sites is 1. The molecule has 0 radical (unpaired) electrons. The Labute approximate surface area is 110 Å². The maximum Gasteiger partial charge on any atom is 0.325 e. The van der Waals surface area contributed by atoms with Gasteiger partial charge in [-0.3, -0.25) is 14.6 Å². The van der Waals surface area contributed by atoms with Crippen LogP contribution in [0.5, 0.6) is 0 Å². The average molecular weight is 258 g/mol. The number of carboxylic acids is 1. The SMILES string of the molecule is Cc1cc(C(=O)NC(C)C(=O)O)c2ccccc2n1. The van der Waals surface area contributed by atoms with Crippen molar-refractivity contribution in [2.45, 2.75) is 19.9 Å². The highest BCUT2D eigenvalue weighted by atomic mass is 16.4. The molecule has 98 valence electrons. The van der Waals surface area contributed by atoms with Gasteiger partial charge in [-0.15, -0.1) is 0 Å². The fraction of sp³-hybridized carbons (Fsp3) is 0.214. The van der Waals surface area contributed by atoms with Gasteiger partial charge in [-0.05, 0) is 26.0 Å². The number of nitrogens with one attached hydrogen (secondary N) is 1. The minimum Gasteiger partial charge on any atom is -0.480 e. The molecule has 1 aromatic carbocycles. The number of carboxylic acid groups (broad SMARTS) is 1. The number of amides is 1. The van der Waals surface area contributed by atoms with Crippen LogP contribution in [0, 0.1) is 6.92 Å². The van der Waals surface area contributed by atoms with Crippen LogP contribution in [0.3, 0.4) is 0 Å². The van der Waals surface area contributed by atoms with Gasteiger partial charge in [-0.2, -0.15) is 0 Å². The molecule has 0 saturated heterocycles. The Morgan fingerprint density at radius 3 is 2.68 bits per heavy atom. The van der Waals surface area contributed by atoms with Crippen molar-refractivity contribution < 1.29 is 14.7 Å². The molecule has 1 atom stereocenters. The first kappa shape index (κ1) is 13.0. The summed E-state index contributed by atoms with van der Waals surface area (Å²) in [4.78, 5) is 27.2. The zero-order valence-electron chi connectivity index (χ0n) is 10.7. The summed E-state index contributed by atoms with van der Waals surface area (Å²) < 4.78 is 0. The minimum atomic E-state index is -1.07. The van der Waals surface area contributed by atoms with E-state index in [9.17, 15) is 9.59 Å². The van der Waals surface area contributed by atoms with Gasteiger partial charge in [-0.25, -0.2) is 0 Å². The van der Waals surface area contributed by atoms with E-state index < -0.39 is 17.9 Å². The van der Waals surface area contributed by atoms with E-state index in [-0.39, 0.29) is 0 Å². The summed E-state index contributed by atoms with van der Waals surface area (Å²) in [7, 11) is 0. The van der Waals surface area contributed by atoms with Crippen LogP contribution in [0.25, 0.3) is 10.9 Å². The van der Waals surface area contributed by atoms with E-state index in [1.807, 2.05) is 18.2 Å². The van der Waals surface area contributed by atoms with E-state index in [0.29, 0.717) is 16.6 Å². The van der Waals surface area contributed by atoms with Crippen LogP contribution in [0.15, 0.2) is 30.3 Å². The molecule has 5 heteroatoms. The molecular formula is C14H14N2O3. The molecule has 1 aromatic heterocycles. The van der Waals surface area contributed by atoms with Crippen molar-refractivity contribution in [1.29, 1.82) is 0 Å². The third-order valence-electron chi connectivity index (χ3n) is 2.81. The molecule has 2 N–H and O–H groups in total. The van der Waals surface area contributed by atoms with Crippen molar-refractivity contribution in [3.05, 3.63) is 41.6 Å². The number of benzene rings is 1. The number of carbonyl (C=O) groups excluding carboxylic acids is 1. The molecule has 0 fully saturated rings. The highest BCUT2D eigenvalue weighted by molar-refractivity contribution is 6.07. The van der Waals surface area contributed by atoms with E-state index in [4.69, 9.17) is 5.11 Å². The predicted octanol–water partition coefficient (Wildman–Crippen LogP) is 1.75. The lowest BCUT2D eigenvalue weighted by molar-refractivity contribution is -0.138. The Morgan fingerprint density at radius 1 is 1.32 bits per heavy atom. The normalized spacial score (nSPS) is 12.1. The molecule has 2 rings (SSSR count). The van der Waals surface area contributed by atoms with Crippen LogP contribution in [-0.2, 0) is 4.79 Å². The Hall–Kier alpha value is -2.43. The Morgan fingerprint density at radius 2 is 2.00 bits per heavy atom. The lowest BCUT2D eigenvalue weighted by Gasteiger charge is -2.11. The fourth-order valence-electron chi connectivity index (χ4n) is 1.83. The van der Waals surface area contributed by atoms with Gasteiger partial charge in [0.1, 0.15) is 6.04 Å². The van der Waals surface area contributed by atoms with E-state index in [2.05, 4.69) is 10.3 Å². The monoisotopic (exact) mass is 258 g/mol. The summed E-state index contributed by atoms with van der Waals surface area (Å²) in [5.41, 5.74) is 1.87. The van der Waals surface area contributed by atoms with E-state index >= 15 is 0 Å². The summed E-state index contributed by atoms with van der Waals surface area (Å²) >= 11 is 0. The molecule has 0 aliphatic rings. The molecule has 1 amide bonds. The number of aryl methyl sites for hydroxylation is 1. The van der Waals surface area contributed by atoms with Gasteiger partial charge >= 0.3 is 5.97 Å². The van der Waals surface area contributed by atoms with E-state index in [1.165, 1.54) is 6.92 Å². The fourth-order valence-corrected chi connectivity index (χ4v) is 1.83. The van der Waals surface area contributed by atoms with Crippen molar-refractivity contribution in [2.24, 2.45) is 0 Å². The summed E-state index contributed by atoms with van der Waals surface area (Å²) in [6.45, 7) is 3.22. The topological polar surface area (TPSA) is 79.3 Å². The smallest absolute Gasteiger partial charge is 0.325 e. The first-order valence-electron chi connectivity index (χ1n) is 5.89. The summed E-state index contributed by atoms with van der Waals surface area (Å²) in [5.74, 6) is -1.47. The van der Waals surface area contributed by atoms with Gasteiger partial charge in [0.2, 0.25) is 0 Å². The lowest BCUT2D eigenvalue weighted by atomic mass is 10.1. The van der Waals surface area contributed by atoms with Gasteiger partial charge in [-0.1, -0.05) is 18.2 Å². The van der Waals surface area contributed by atoms with Crippen LogP contribution in [0.4, 0.5) is 0 Å². The Kier molecular flexibility index (Phi) is 3.46. The number of aromatic nitrogens is 1. The van der Waals surface area contributed by atoms with Crippen LogP contribution in [0.2, 0.25) is 0 Å². The summed E-state index contributed by atoms with van der Waals surface area (Å²) in [5, 5.41) is 12.0. The van der Waals surface area contributed by atoms with Gasteiger partial charge in [0.05, 0.1) is 11.1 Å². The Bertz CT molecular complexity index is 652. The second-order valence-electron chi connectivity index (χ2n) is 4.36. The quantitative estimate of drug-likeness (QED) is 0.879. The maximum absolute atomic E-state index is 12.1. The first-order chi connectivity index (χ1) is 8.99. The summed E-state index contributed by atoms with van der Waals surface area (Å²) in [6.07, 6.45) is 0. The molecule has 0 saturated carbocycles.